The van der Waals surface area contributed by atoms with Gasteiger partial charge < -0.3 is 24.2 Å². The second-order valence-electron chi connectivity index (χ2n) is 23.9. The zero-order valence-electron chi connectivity index (χ0n) is 41.8. The standard InChI is InChI=1S/C31H48N2O5.C23H38O3/c1-8-18(2)29(5)15-24(38-28(36)32-27(35)22-17-33-14-11-21(22)16-33)30(6)19(3)9-12-31(20(4)26(29)34)13-10-23(37-7)25(30)31;1-8-14(2)21(5)13-18(24)22(6)15(3)9-11-23(16(4)20(21)25)12-10-17(26-7)19(22)23/h8,18-25H,1,9-17H2,2-7H3,(H,32,35,36);8,14-19,24H,1,9-13H2,2-7H3/t18?,19-,20+,21-,22+,23-,24-,25?,29+,30+,31?;14?,15-,16+,17-,18-,19?,21+,22+,23?/m11/s1. The largest absolute Gasteiger partial charge is 0.445 e. The summed E-state index contributed by atoms with van der Waals surface area (Å²) in [5.74, 6) is 1.39. The second kappa shape index (κ2) is 17.6. The molecule has 0 spiro atoms. The first kappa shape index (κ1) is 49.5. The SMILES string of the molecule is C=CC(C)[C@]1(C)C[C@@H](O)[C@@]2(C)C3[C@H](OC)CCC3(CC[C@H]2C)[C@@H](C)C1=O.C=CC(C)[C@]1(C)C[C@@H](OC(=O)NC(=O)[C@H]2CN3CC[C@@H]2C3)[C@@]2(C)C3[C@H](OC)CCC3(CC[C@H]2C)[C@@H](C)C1=O. The van der Waals surface area contributed by atoms with Crippen molar-refractivity contribution in [3.05, 3.63) is 25.3 Å². The van der Waals surface area contributed by atoms with Crippen molar-refractivity contribution in [1.82, 2.24) is 10.2 Å². The summed E-state index contributed by atoms with van der Waals surface area (Å²) in [5, 5.41) is 14.2. The molecule has 8 rings (SSSR count). The normalized spacial score (nSPS) is 50.2. The summed E-state index contributed by atoms with van der Waals surface area (Å²) in [4.78, 5) is 57.0. The van der Waals surface area contributed by atoms with E-state index in [-0.39, 0.29) is 87.5 Å². The number of nitrogens with one attached hydrogen (secondary N) is 1. The van der Waals surface area contributed by atoms with Crippen molar-refractivity contribution < 1.29 is 38.5 Å². The predicted molar refractivity (Wildman–Crippen MR) is 250 cm³/mol. The van der Waals surface area contributed by atoms with Crippen molar-refractivity contribution in [3.8, 4) is 0 Å². The third kappa shape index (κ3) is 7.20. The number of alkyl carbamates (subject to hydrolysis) is 1. The van der Waals surface area contributed by atoms with E-state index < -0.39 is 34.5 Å². The number of hydrogen-bond acceptors (Lipinski definition) is 9. The Hall–Kier alpha value is -2.40. The number of imide groups is 1. The van der Waals surface area contributed by atoms with E-state index in [2.05, 4.69) is 78.8 Å². The van der Waals surface area contributed by atoms with Crippen LogP contribution in [0.2, 0.25) is 0 Å². The molecule has 0 aromatic rings. The molecule has 7 unspecified atom stereocenters. The van der Waals surface area contributed by atoms with Crippen molar-refractivity contribution >= 4 is 23.6 Å². The first-order valence-electron chi connectivity index (χ1n) is 25.3. The molecule has 360 valence electrons. The van der Waals surface area contributed by atoms with Crippen molar-refractivity contribution in [1.29, 1.82) is 0 Å². The summed E-state index contributed by atoms with van der Waals surface area (Å²) in [6, 6.07) is 0. The highest BCUT2D eigenvalue weighted by atomic mass is 16.6. The number of nitrogens with zero attached hydrogens (tertiary/aromatic N) is 1. The number of methoxy groups -OCH3 is 2. The average molecular weight is 891 g/mol. The van der Waals surface area contributed by atoms with Crippen molar-refractivity contribution in [2.75, 3.05) is 33.9 Å². The van der Waals surface area contributed by atoms with E-state index in [1.54, 1.807) is 14.2 Å². The lowest BCUT2D eigenvalue weighted by Gasteiger charge is -2.62. The highest BCUT2D eigenvalue weighted by Crippen LogP contribution is 2.70. The highest BCUT2D eigenvalue weighted by molar-refractivity contribution is 5.94. The van der Waals surface area contributed by atoms with Crippen molar-refractivity contribution in [2.24, 2.45) is 91.7 Å². The topological polar surface area (TPSA) is 131 Å². The van der Waals surface area contributed by atoms with Gasteiger partial charge in [0.05, 0.1) is 24.2 Å². The Balaban J connectivity index is 0.000000206. The van der Waals surface area contributed by atoms with Gasteiger partial charge >= 0.3 is 6.09 Å². The third-order valence-electron chi connectivity index (χ3n) is 22.1. The average Bonchev–Trinajstić information content (AvgIpc) is 4.10. The van der Waals surface area contributed by atoms with Crippen LogP contribution in [0.4, 0.5) is 4.79 Å². The van der Waals surface area contributed by atoms with Crippen LogP contribution in [-0.4, -0.2) is 91.8 Å². The zero-order chi connectivity index (χ0) is 47.1. The number of carbonyl (C=O) groups excluding carboxylic acids is 4. The van der Waals surface area contributed by atoms with Gasteiger partial charge in [-0.05, 0) is 124 Å². The van der Waals surface area contributed by atoms with Gasteiger partial charge in [-0.15, -0.1) is 13.2 Å². The molecule has 10 heteroatoms. The Labute approximate surface area is 386 Å². The number of ether oxygens (including phenoxy) is 3. The van der Waals surface area contributed by atoms with Gasteiger partial charge in [0.25, 0.3) is 0 Å². The lowest BCUT2D eigenvalue weighted by Crippen LogP contribution is -2.64. The summed E-state index contributed by atoms with van der Waals surface area (Å²) in [7, 11) is 3.57. The van der Waals surface area contributed by atoms with Gasteiger partial charge in [0.15, 0.2) is 0 Å². The van der Waals surface area contributed by atoms with Crippen LogP contribution >= 0.6 is 0 Å². The maximum absolute atomic E-state index is 14.4. The molecule has 2 amide bonds. The molecule has 64 heavy (non-hydrogen) atoms. The number of ketones is 2. The van der Waals surface area contributed by atoms with Crippen LogP contribution in [0.15, 0.2) is 25.3 Å². The first-order valence-corrected chi connectivity index (χ1v) is 25.3. The molecule has 0 aromatic heterocycles. The molecule has 2 heterocycles. The Morgan fingerprint density at radius 1 is 0.734 bits per heavy atom. The lowest BCUT2D eigenvalue weighted by atomic mass is 9.43. The lowest BCUT2D eigenvalue weighted by molar-refractivity contribution is -0.194. The minimum Gasteiger partial charge on any atom is -0.445 e. The summed E-state index contributed by atoms with van der Waals surface area (Å²) in [6.45, 7) is 32.3. The number of rotatable bonds is 8. The van der Waals surface area contributed by atoms with Crippen LogP contribution in [0.3, 0.4) is 0 Å². The van der Waals surface area contributed by atoms with Gasteiger partial charge in [0, 0.05) is 66.7 Å². The number of allylic oxidation sites excluding steroid dienone is 2. The van der Waals surface area contributed by atoms with E-state index >= 15 is 0 Å². The molecule has 6 saturated carbocycles. The fourth-order valence-corrected chi connectivity index (χ4v) is 16.9. The monoisotopic (exact) mass is 891 g/mol. The maximum Gasteiger partial charge on any atom is 0.414 e. The third-order valence-corrected chi connectivity index (χ3v) is 22.1. The van der Waals surface area contributed by atoms with E-state index in [0.717, 1.165) is 70.9 Å². The second-order valence-corrected chi connectivity index (χ2v) is 23.9. The molecule has 8 aliphatic rings. The number of Topliss-reactive ketones (excluding diaryl/α,β-unsaturated/α-hetero) is 2. The Kier molecular flexibility index (Phi) is 13.6. The van der Waals surface area contributed by atoms with Gasteiger partial charge in [-0.3, -0.25) is 19.7 Å². The van der Waals surface area contributed by atoms with Crippen LogP contribution in [-0.2, 0) is 28.6 Å². The van der Waals surface area contributed by atoms with Crippen molar-refractivity contribution in [3.63, 3.8) is 0 Å². The molecule has 6 aliphatic carbocycles. The molecular weight excluding hydrogens is 805 g/mol. The minimum absolute atomic E-state index is 0.000579. The molecular formula is C54H86N2O8. The maximum atomic E-state index is 14.4. The molecule has 8 fully saturated rings. The number of piperidine rings is 1. The smallest absolute Gasteiger partial charge is 0.414 e. The van der Waals surface area contributed by atoms with E-state index in [4.69, 9.17) is 14.2 Å². The highest BCUT2D eigenvalue weighted by Gasteiger charge is 2.70. The van der Waals surface area contributed by atoms with E-state index in [1.807, 2.05) is 26.0 Å². The van der Waals surface area contributed by atoms with Gasteiger partial charge in [0.1, 0.15) is 17.7 Å². The number of fused-ring (bicyclic) bond motifs is 2. The number of carbonyl (C=O) groups is 4. The van der Waals surface area contributed by atoms with E-state index in [0.29, 0.717) is 37.0 Å². The number of amides is 2. The van der Waals surface area contributed by atoms with Gasteiger partial charge in [0.2, 0.25) is 5.91 Å². The quantitative estimate of drug-likeness (QED) is 0.229. The Morgan fingerprint density at radius 3 is 1.66 bits per heavy atom. The van der Waals surface area contributed by atoms with Crippen LogP contribution in [0, 0.1) is 91.7 Å². The molecule has 2 N–H and O–H groups in total. The van der Waals surface area contributed by atoms with Gasteiger partial charge in [-0.25, -0.2) is 4.79 Å². The fraction of sp³-hybridized carbons (Fsp3) is 0.852. The molecule has 2 saturated heterocycles. The number of aliphatic hydroxyl groups is 1. The summed E-state index contributed by atoms with van der Waals surface area (Å²) in [5.41, 5.74) is -2.12. The molecule has 21 atom stereocenters. The van der Waals surface area contributed by atoms with Crippen LogP contribution in [0.5, 0.6) is 0 Å². The van der Waals surface area contributed by atoms with E-state index in [9.17, 15) is 24.3 Å². The molecule has 0 radical (unpaired) electrons. The first-order chi connectivity index (χ1) is 30.0. The van der Waals surface area contributed by atoms with Crippen molar-refractivity contribution in [2.45, 2.75) is 164 Å². The van der Waals surface area contributed by atoms with Crippen LogP contribution in [0.1, 0.15) is 140 Å². The molecule has 2 aliphatic heterocycles. The Morgan fingerprint density at radius 2 is 1.20 bits per heavy atom. The number of hydrogen-bond donors (Lipinski definition) is 2. The number of aliphatic hydroxyl groups excluding tert-OH is 1. The fourth-order valence-electron chi connectivity index (χ4n) is 16.9. The Bertz CT molecular complexity index is 1840. The molecule has 6 bridgehead atoms. The van der Waals surface area contributed by atoms with Crippen LogP contribution in [0.25, 0.3) is 0 Å². The summed E-state index contributed by atoms with van der Waals surface area (Å²) < 4.78 is 18.4. The zero-order valence-corrected chi connectivity index (χ0v) is 41.8. The van der Waals surface area contributed by atoms with E-state index in [1.165, 1.54) is 0 Å². The van der Waals surface area contributed by atoms with Gasteiger partial charge in [-0.1, -0.05) is 81.4 Å². The summed E-state index contributed by atoms with van der Waals surface area (Å²) >= 11 is 0. The van der Waals surface area contributed by atoms with Crippen LogP contribution < -0.4 is 5.32 Å². The minimum atomic E-state index is -0.727. The predicted octanol–water partition coefficient (Wildman–Crippen LogP) is 9.48. The molecule has 10 nitrogen and oxygen atoms in total. The van der Waals surface area contributed by atoms with Gasteiger partial charge in [-0.2, -0.15) is 0 Å². The molecule has 0 aromatic carbocycles. The summed E-state index contributed by atoms with van der Waals surface area (Å²) in [6.07, 6.45) is 12.2.